The van der Waals surface area contributed by atoms with Gasteiger partial charge in [0.25, 0.3) is 0 Å². The lowest BCUT2D eigenvalue weighted by atomic mass is 10.1. The summed E-state index contributed by atoms with van der Waals surface area (Å²) in [5, 5.41) is 0. The van der Waals surface area contributed by atoms with Gasteiger partial charge in [-0.2, -0.15) is 17.5 Å². The average molecular weight is 427 g/mol. The number of alkyl halides is 3. The summed E-state index contributed by atoms with van der Waals surface area (Å²) < 4.78 is 66.6. The van der Waals surface area contributed by atoms with Gasteiger partial charge in [-0.05, 0) is 29.8 Å². The molecule has 1 saturated heterocycles. The number of nitrogens with zero attached hydrogens (tertiary/aromatic N) is 3. The smallest absolute Gasteiger partial charge is 0.378 e. The van der Waals surface area contributed by atoms with Crippen LogP contribution in [-0.2, 0) is 14.8 Å². The van der Waals surface area contributed by atoms with Gasteiger partial charge in [0.05, 0.1) is 4.90 Å². The third-order valence-corrected chi connectivity index (χ3v) is 6.56. The third-order valence-electron chi connectivity index (χ3n) is 4.69. The first kappa shape index (κ1) is 21.1. The van der Waals surface area contributed by atoms with Gasteiger partial charge < -0.3 is 9.80 Å². The maximum atomic E-state index is 13.1. The van der Waals surface area contributed by atoms with E-state index >= 15 is 0 Å². The Kier molecular flexibility index (Phi) is 5.59. The zero-order valence-electron chi connectivity index (χ0n) is 15.8. The Morgan fingerprint density at radius 3 is 2.10 bits per heavy atom. The number of rotatable bonds is 4. The molecule has 1 fully saturated rings. The molecule has 10 heteroatoms. The lowest BCUT2D eigenvalue weighted by molar-refractivity contribution is -0.187. The Hall–Kier alpha value is -2.59. The number of hydrogen-bond donors (Lipinski definition) is 0. The van der Waals surface area contributed by atoms with Crippen molar-refractivity contribution in [2.24, 2.45) is 0 Å². The normalized spacial score (nSPS) is 18.1. The van der Waals surface area contributed by atoms with Crippen molar-refractivity contribution in [3.8, 4) is 0 Å². The third kappa shape index (κ3) is 4.08. The number of carbonyl (C=O) groups excluding carboxylic acids is 1. The SMILES string of the molecule is CN(C)c1ccc([C@@H]2N(C(=O)C(F)(F)F)CCN2S(=O)(=O)c2ccccc2)cc1. The van der Waals surface area contributed by atoms with Gasteiger partial charge in [-0.1, -0.05) is 30.3 Å². The molecule has 156 valence electrons. The van der Waals surface area contributed by atoms with Gasteiger partial charge in [0, 0.05) is 32.9 Å². The predicted octanol–water partition coefficient (Wildman–Crippen LogP) is 2.85. The number of benzene rings is 2. The summed E-state index contributed by atoms with van der Waals surface area (Å²) in [5.74, 6) is -2.06. The quantitative estimate of drug-likeness (QED) is 0.753. The van der Waals surface area contributed by atoms with Crippen molar-refractivity contribution >= 4 is 21.6 Å². The molecule has 0 aliphatic carbocycles. The molecule has 6 nitrogen and oxygen atoms in total. The highest BCUT2D eigenvalue weighted by molar-refractivity contribution is 7.89. The van der Waals surface area contributed by atoms with E-state index in [9.17, 15) is 26.4 Å². The minimum Gasteiger partial charge on any atom is -0.378 e. The van der Waals surface area contributed by atoms with Gasteiger partial charge in [0.15, 0.2) is 0 Å². The molecule has 0 spiro atoms. The summed E-state index contributed by atoms with van der Waals surface area (Å²) >= 11 is 0. The van der Waals surface area contributed by atoms with Crippen molar-refractivity contribution in [3.63, 3.8) is 0 Å². The Bertz CT molecular complexity index is 977. The molecule has 0 saturated carbocycles. The van der Waals surface area contributed by atoms with Crippen LogP contribution in [0.4, 0.5) is 18.9 Å². The number of anilines is 1. The van der Waals surface area contributed by atoms with Gasteiger partial charge in [-0.3, -0.25) is 4.79 Å². The predicted molar refractivity (Wildman–Crippen MR) is 102 cm³/mol. The van der Waals surface area contributed by atoms with Gasteiger partial charge in [0.2, 0.25) is 10.0 Å². The van der Waals surface area contributed by atoms with Crippen LogP contribution in [0.15, 0.2) is 59.5 Å². The van der Waals surface area contributed by atoms with Crippen molar-refractivity contribution in [1.82, 2.24) is 9.21 Å². The fourth-order valence-electron chi connectivity index (χ4n) is 3.25. The Morgan fingerprint density at radius 1 is 1.00 bits per heavy atom. The zero-order valence-corrected chi connectivity index (χ0v) is 16.6. The molecule has 1 atom stereocenters. The van der Waals surface area contributed by atoms with Crippen LogP contribution in [-0.4, -0.2) is 56.9 Å². The Morgan fingerprint density at radius 2 is 1.59 bits per heavy atom. The molecule has 1 aliphatic rings. The summed E-state index contributed by atoms with van der Waals surface area (Å²) in [5.41, 5.74) is 1.07. The number of amides is 1. The van der Waals surface area contributed by atoms with E-state index in [0.29, 0.717) is 4.90 Å². The largest absolute Gasteiger partial charge is 0.471 e. The number of hydrogen-bond acceptors (Lipinski definition) is 4. The first-order chi connectivity index (χ1) is 13.5. The van der Waals surface area contributed by atoms with Crippen molar-refractivity contribution in [2.45, 2.75) is 17.2 Å². The van der Waals surface area contributed by atoms with Crippen LogP contribution < -0.4 is 4.90 Å². The topological polar surface area (TPSA) is 60.9 Å². The first-order valence-corrected chi connectivity index (χ1v) is 10.2. The summed E-state index contributed by atoms with van der Waals surface area (Å²) in [6.45, 7) is -0.594. The highest BCUT2D eigenvalue weighted by Gasteiger charge is 2.51. The highest BCUT2D eigenvalue weighted by atomic mass is 32.2. The van der Waals surface area contributed by atoms with Crippen molar-refractivity contribution in [1.29, 1.82) is 0 Å². The van der Waals surface area contributed by atoms with Crippen LogP contribution in [0, 0.1) is 0 Å². The van der Waals surface area contributed by atoms with Crippen LogP contribution in [0.25, 0.3) is 0 Å². The van der Waals surface area contributed by atoms with Gasteiger partial charge in [-0.15, -0.1) is 0 Å². The van der Waals surface area contributed by atoms with E-state index in [1.807, 2.05) is 0 Å². The standard InChI is InChI=1S/C19H20F3N3O3S/c1-23(2)15-10-8-14(9-11-15)17-24(18(26)19(20,21)22)12-13-25(17)29(27,28)16-6-4-3-5-7-16/h3-11,17H,12-13H2,1-2H3/t17-/m1/s1. The van der Waals surface area contributed by atoms with Gasteiger partial charge in [-0.25, -0.2) is 8.42 Å². The van der Waals surface area contributed by atoms with Crippen LogP contribution in [0.1, 0.15) is 11.7 Å². The number of carbonyl (C=O) groups is 1. The van der Waals surface area contributed by atoms with Gasteiger partial charge in [0.1, 0.15) is 6.17 Å². The monoisotopic (exact) mass is 427 g/mol. The molecule has 2 aromatic rings. The molecule has 0 aromatic heterocycles. The van der Waals surface area contributed by atoms with E-state index in [0.717, 1.165) is 9.99 Å². The van der Waals surface area contributed by atoms with E-state index < -0.39 is 28.3 Å². The maximum Gasteiger partial charge on any atom is 0.471 e. The van der Waals surface area contributed by atoms with E-state index in [-0.39, 0.29) is 23.5 Å². The van der Waals surface area contributed by atoms with Crippen molar-refractivity contribution in [3.05, 3.63) is 60.2 Å². The summed E-state index contributed by atoms with van der Waals surface area (Å²) in [4.78, 5) is 14.3. The van der Waals surface area contributed by atoms with Crippen molar-refractivity contribution < 1.29 is 26.4 Å². The van der Waals surface area contributed by atoms with Crippen molar-refractivity contribution in [2.75, 3.05) is 32.1 Å². The second-order valence-corrected chi connectivity index (χ2v) is 8.68. The van der Waals surface area contributed by atoms with E-state index in [2.05, 4.69) is 0 Å². The van der Waals surface area contributed by atoms with Crippen LogP contribution in [0.5, 0.6) is 0 Å². The average Bonchev–Trinajstić information content (AvgIpc) is 3.13. The molecule has 1 aliphatic heterocycles. The molecule has 3 rings (SSSR count). The van der Waals surface area contributed by atoms with E-state index in [4.69, 9.17) is 0 Å². The Balaban J connectivity index is 2.07. The van der Waals surface area contributed by atoms with E-state index in [1.165, 1.54) is 36.4 Å². The molecule has 2 aromatic carbocycles. The molecule has 0 N–H and O–H groups in total. The minimum atomic E-state index is -5.10. The fraction of sp³-hybridized carbons (Fsp3) is 0.316. The zero-order chi connectivity index (χ0) is 21.4. The first-order valence-electron chi connectivity index (χ1n) is 8.75. The molecule has 1 heterocycles. The molecule has 0 bridgehead atoms. The van der Waals surface area contributed by atoms with E-state index in [1.54, 1.807) is 37.2 Å². The molecule has 1 amide bonds. The maximum absolute atomic E-state index is 13.1. The molecular weight excluding hydrogens is 407 g/mol. The summed E-state index contributed by atoms with van der Waals surface area (Å²) in [7, 11) is -0.509. The molecule has 0 radical (unpaired) electrons. The fourth-order valence-corrected chi connectivity index (χ4v) is 4.84. The highest BCUT2D eigenvalue weighted by Crippen LogP contribution is 2.37. The minimum absolute atomic E-state index is 0.0452. The lowest BCUT2D eigenvalue weighted by Gasteiger charge is -2.30. The number of halogens is 3. The molecular formula is C19H20F3N3O3S. The lowest BCUT2D eigenvalue weighted by Crippen LogP contribution is -2.43. The van der Waals surface area contributed by atoms with Crippen LogP contribution >= 0.6 is 0 Å². The summed E-state index contributed by atoms with van der Waals surface area (Å²) in [6.07, 6.45) is -6.49. The Labute approximate surface area is 167 Å². The van der Waals surface area contributed by atoms with Crippen LogP contribution in [0.3, 0.4) is 0 Å². The second kappa shape index (κ2) is 7.68. The molecule has 0 unspecified atom stereocenters. The van der Waals surface area contributed by atoms with Crippen LogP contribution in [0.2, 0.25) is 0 Å². The van der Waals surface area contributed by atoms with Gasteiger partial charge >= 0.3 is 12.1 Å². The molecule has 29 heavy (non-hydrogen) atoms. The second-order valence-electron chi connectivity index (χ2n) is 6.78. The number of sulfonamides is 1. The summed E-state index contributed by atoms with van der Waals surface area (Å²) in [6, 6.07) is 13.8.